The predicted octanol–water partition coefficient (Wildman–Crippen LogP) is 5.75. The number of unbranched alkanes of at least 4 members (excludes halogenated alkanes) is 1. The molecule has 2 aromatic carbocycles. The van der Waals surface area contributed by atoms with Crippen molar-refractivity contribution in [2.24, 2.45) is 0 Å². The Labute approximate surface area is 224 Å². The number of carbonyl (C=O) groups excluding carboxylic acids is 2. The van der Waals surface area contributed by atoms with Gasteiger partial charge in [-0.3, -0.25) is 19.7 Å². The van der Waals surface area contributed by atoms with E-state index in [1.807, 2.05) is 13.0 Å². The summed E-state index contributed by atoms with van der Waals surface area (Å²) in [5.41, 5.74) is 0.627. The normalized spacial score (nSPS) is 11.3. The summed E-state index contributed by atoms with van der Waals surface area (Å²) in [4.78, 5) is 39.7. The average Bonchev–Trinajstić information content (AvgIpc) is 3.35. The van der Waals surface area contributed by atoms with Crippen molar-refractivity contribution >= 4 is 17.5 Å². The molecule has 3 aromatic rings. The largest absolute Gasteiger partial charge is 0.416 e. The molecule has 208 valence electrons. The third-order valence-corrected chi connectivity index (χ3v) is 6.34. The number of aromatic nitrogens is 1. The molecule has 8 nitrogen and oxygen atoms in total. The van der Waals surface area contributed by atoms with Crippen LogP contribution in [0.25, 0.3) is 0 Å². The standard InChI is InChI=1S/C28H31F3N4O4/c1-3-5-15-34(26(36)20-32(4-2)27(37)22-11-13-24(14-12-22)35(38)39)19-25-10-7-16-33(25)18-21-8-6-9-23(17-21)28(29,30)31/h6-14,16-17H,3-5,15,18-20H2,1-2H3. The maximum atomic E-state index is 13.4. The van der Waals surface area contributed by atoms with E-state index in [0.29, 0.717) is 12.1 Å². The molecule has 0 spiro atoms. The van der Waals surface area contributed by atoms with Gasteiger partial charge in [-0.1, -0.05) is 25.5 Å². The molecule has 0 unspecified atom stereocenters. The number of carbonyl (C=O) groups is 2. The Morgan fingerprint density at radius 2 is 1.72 bits per heavy atom. The molecule has 0 bridgehead atoms. The third-order valence-electron chi connectivity index (χ3n) is 6.34. The number of hydrogen-bond acceptors (Lipinski definition) is 4. The number of rotatable bonds is 12. The maximum absolute atomic E-state index is 13.4. The highest BCUT2D eigenvalue weighted by Crippen LogP contribution is 2.29. The van der Waals surface area contributed by atoms with Gasteiger partial charge >= 0.3 is 6.18 Å². The Kier molecular flexibility index (Phi) is 9.86. The van der Waals surface area contributed by atoms with Crippen LogP contribution in [-0.4, -0.2) is 50.7 Å². The third kappa shape index (κ3) is 7.92. The number of hydrogen-bond donors (Lipinski definition) is 0. The van der Waals surface area contributed by atoms with E-state index < -0.39 is 22.6 Å². The van der Waals surface area contributed by atoms with Gasteiger partial charge in [0, 0.05) is 49.2 Å². The Hall–Kier alpha value is -4.15. The van der Waals surface area contributed by atoms with Crippen LogP contribution in [0.1, 0.15) is 53.9 Å². The zero-order valence-corrected chi connectivity index (χ0v) is 21.9. The van der Waals surface area contributed by atoms with Crippen molar-refractivity contribution in [1.29, 1.82) is 0 Å². The molecule has 1 heterocycles. The number of benzene rings is 2. The fraction of sp³-hybridized carbons (Fsp3) is 0.357. The summed E-state index contributed by atoms with van der Waals surface area (Å²) < 4.78 is 41.2. The minimum absolute atomic E-state index is 0.135. The van der Waals surface area contributed by atoms with E-state index >= 15 is 0 Å². The molecule has 11 heteroatoms. The summed E-state index contributed by atoms with van der Waals surface area (Å²) >= 11 is 0. The zero-order chi connectivity index (χ0) is 28.6. The van der Waals surface area contributed by atoms with Gasteiger partial charge in [-0.2, -0.15) is 13.2 Å². The van der Waals surface area contributed by atoms with E-state index in [4.69, 9.17) is 0 Å². The topological polar surface area (TPSA) is 88.7 Å². The number of nitro groups is 1. The highest BCUT2D eigenvalue weighted by Gasteiger charge is 2.30. The monoisotopic (exact) mass is 544 g/mol. The summed E-state index contributed by atoms with van der Waals surface area (Å²) in [6.45, 7) is 4.71. The van der Waals surface area contributed by atoms with Crippen LogP contribution in [0.2, 0.25) is 0 Å². The van der Waals surface area contributed by atoms with Crippen molar-refractivity contribution in [1.82, 2.24) is 14.4 Å². The first-order chi connectivity index (χ1) is 18.5. The number of nitrogens with zero attached hydrogens (tertiary/aromatic N) is 4. The molecule has 0 saturated heterocycles. The van der Waals surface area contributed by atoms with Crippen LogP contribution < -0.4 is 0 Å². The van der Waals surface area contributed by atoms with Gasteiger partial charge in [-0.25, -0.2) is 0 Å². The molecule has 3 rings (SSSR count). The summed E-state index contributed by atoms with van der Waals surface area (Å²) in [7, 11) is 0. The lowest BCUT2D eigenvalue weighted by molar-refractivity contribution is -0.384. The van der Waals surface area contributed by atoms with E-state index in [-0.39, 0.29) is 43.3 Å². The van der Waals surface area contributed by atoms with Crippen molar-refractivity contribution in [3.63, 3.8) is 0 Å². The number of halogens is 3. The number of nitro benzene ring substituents is 1. The second kappa shape index (κ2) is 13.1. The van der Waals surface area contributed by atoms with Gasteiger partial charge in [0.1, 0.15) is 6.54 Å². The van der Waals surface area contributed by atoms with Gasteiger partial charge in [-0.05, 0) is 55.3 Å². The molecule has 0 aliphatic rings. The SMILES string of the molecule is CCCCN(Cc1cccn1Cc1cccc(C(F)(F)F)c1)C(=O)CN(CC)C(=O)c1ccc([N+](=O)[O-])cc1. The smallest absolute Gasteiger partial charge is 0.345 e. The van der Waals surface area contributed by atoms with Gasteiger partial charge in [0.05, 0.1) is 17.0 Å². The molecular formula is C28H31F3N4O4. The number of non-ortho nitro benzene ring substituents is 1. The minimum atomic E-state index is -4.43. The molecule has 0 atom stereocenters. The molecular weight excluding hydrogens is 513 g/mol. The molecule has 0 aliphatic carbocycles. The molecule has 0 N–H and O–H groups in total. The van der Waals surface area contributed by atoms with Crippen LogP contribution in [0.15, 0.2) is 66.9 Å². The summed E-state index contributed by atoms with van der Waals surface area (Å²) in [5.74, 6) is -0.684. The number of amides is 2. The van der Waals surface area contributed by atoms with Crippen molar-refractivity contribution in [2.45, 2.75) is 46.0 Å². The van der Waals surface area contributed by atoms with E-state index in [9.17, 15) is 32.9 Å². The zero-order valence-electron chi connectivity index (χ0n) is 21.9. The van der Waals surface area contributed by atoms with Gasteiger partial charge < -0.3 is 14.4 Å². The Balaban J connectivity index is 1.74. The van der Waals surface area contributed by atoms with Crippen LogP contribution in [0.5, 0.6) is 0 Å². The van der Waals surface area contributed by atoms with Gasteiger partial charge in [0.25, 0.3) is 11.6 Å². The van der Waals surface area contributed by atoms with E-state index in [1.54, 1.807) is 34.7 Å². The van der Waals surface area contributed by atoms with Crippen LogP contribution in [0.3, 0.4) is 0 Å². The highest BCUT2D eigenvalue weighted by molar-refractivity contribution is 5.96. The first kappa shape index (κ1) is 29.4. The van der Waals surface area contributed by atoms with Gasteiger partial charge in [0.2, 0.25) is 5.91 Å². The molecule has 1 aromatic heterocycles. The average molecular weight is 545 g/mol. The molecule has 39 heavy (non-hydrogen) atoms. The molecule has 2 amide bonds. The summed E-state index contributed by atoms with van der Waals surface area (Å²) in [5, 5.41) is 10.9. The fourth-order valence-corrected chi connectivity index (χ4v) is 4.13. The van der Waals surface area contributed by atoms with Crippen molar-refractivity contribution in [3.05, 3.63) is 99.4 Å². The van der Waals surface area contributed by atoms with Crippen molar-refractivity contribution in [2.75, 3.05) is 19.6 Å². The molecule has 0 aliphatic heterocycles. The van der Waals surface area contributed by atoms with E-state index in [1.165, 1.54) is 35.2 Å². The lowest BCUT2D eigenvalue weighted by Crippen LogP contribution is -2.43. The molecule has 0 fully saturated rings. The van der Waals surface area contributed by atoms with Gasteiger partial charge in [-0.15, -0.1) is 0 Å². The maximum Gasteiger partial charge on any atom is 0.416 e. The fourth-order valence-electron chi connectivity index (χ4n) is 4.13. The Morgan fingerprint density at radius 1 is 1.00 bits per heavy atom. The Morgan fingerprint density at radius 3 is 2.33 bits per heavy atom. The van der Waals surface area contributed by atoms with Crippen LogP contribution in [0, 0.1) is 10.1 Å². The summed E-state index contributed by atoms with van der Waals surface area (Å²) in [6, 6.07) is 14.0. The van der Waals surface area contributed by atoms with Crippen molar-refractivity contribution in [3.8, 4) is 0 Å². The first-order valence-corrected chi connectivity index (χ1v) is 12.6. The quantitative estimate of drug-likeness (QED) is 0.214. The lowest BCUT2D eigenvalue weighted by Gasteiger charge is -2.27. The predicted molar refractivity (Wildman–Crippen MR) is 140 cm³/mol. The van der Waals surface area contributed by atoms with E-state index in [2.05, 4.69) is 0 Å². The van der Waals surface area contributed by atoms with Gasteiger partial charge in [0.15, 0.2) is 0 Å². The molecule has 0 radical (unpaired) electrons. The first-order valence-electron chi connectivity index (χ1n) is 12.6. The Bertz CT molecular complexity index is 1290. The van der Waals surface area contributed by atoms with Crippen LogP contribution >= 0.6 is 0 Å². The van der Waals surface area contributed by atoms with Crippen LogP contribution in [-0.2, 0) is 24.1 Å². The second-order valence-electron chi connectivity index (χ2n) is 9.12. The molecule has 0 saturated carbocycles. The van der Waals surface area contributed by atoms with Crippen LogP contribution in [0.4, 0.5) is 18.9 Å². The second-order valence-corrected chi connectivity index (χ2v) is 9.12. The number of likely N-dealkylation sites (N-methyl/N-ethyl adjacent to an activating group) is 1. The van der Waals surface area contributed by atoms with Crippen molar-refractivity contribution < 1.29 is 27.7 Å². The lowest BCUT2D eigenvalue weighted by atomic mass is 10.1. The number of alkyl halides is 3. The highest BCUT2D eigenvalue weighted by atomic mass is 19.4. The summed E-state index contributed by atoms with van der Waals surface area (Å²) in [6.07, 6.45) is -1.10. The minimum Gasteiger partial charge on any atom is -0.345 e. The van der Waals surface area contributed by atoms with E-state index in [0.717, 1.165) is 30.7 Å².